The number of hydrogen-bond donors (Lipinski definition) is 0. The minimum absolute atomic E-state index is 0.0766. The molecule has 0 amide bonds. The van der Waals surface area contributed by atoms with Crippen molar-refractivity contribution in [3.05, 3.63) is 192 Å². The van der Waals surface area contributed by atoms with Crippen LogP contribution < -0.4 is 35.1 Å². The molecule has 0 fully saturated rings. The molecule has 1 aromatic heterocycles. The van der Waals surface area contributed by atoms with Crippen LogP contribution in [0.3, 0.4) is 0 Å². The molecular formula is C53H31BF5N3OS. The minimum atomic E-state index is -2.24. The van der Waals surface area contributed by atoms with Crippen LogP contribution in [0, 0.1) is 29.1 Å². The van der Waals surface area contributed by atoms with E-state index in [9.17, 15) is 4.39 Å². The summed E-state index contributed by atoms with van der Waals surface area (Å²) in [5.41, 5.74) is 10.2. The number of rotatable bonds is 2. The average Bonchev–Trinajstić information content (AvgIpc) is 3.81. The predicted molar refractivity (Wildman–Crippen MR) is 248 cm³/mol. The quantitative estimate of drug-likeness (QED) is 0.0746. The molecule has 11 heteroatoms. The van der Waals surface area contributed by atoms with Gasteiger partial charge in [-0.15, -0.1) is 11.3 Å². The number of anilines is 9. The summed E-state index contributed by atoms with van der Waals surface area (Å²) < 4.78 is 87.1. The Hall–Kier alpha value is -7.37. The van der Waals surface area contributed by atoms with Gasteiger partial charge in [0, 0.05) is 54.3 Å². The zero-order valence-corrected chi connectivity index (χ0v) is 34.9. The molecule has 0 spiro atoms. The zero-order chi connectivity index (χ0) is 43.3. The molecule has 64 heavy (non-hydrogen) atoms. The number of halogens is 5. The molecule has 13 rings (SSSR count). The van der Waals surface area contributed by atoms with Gasteiger partial charge >= 0.3 is 0 Å². The topological polar surface area (TPSA) is 19.0 Å². The van der Waals surface area contributed by atoms with Gasteiger partial charge in [-0.05, 0) is 88.3 Å². The van der Waals surface area contributed by atoms with Crippen molar-refractivity contribution in [2.24, 2.45) is 0 Å². The number of hydrogen-bond acceptors (Lipinski definition) is 5. The van der Waals surface area contributed by atoms with Crippen molar-refractivity contribution in [3.8, 4) is 22.6 Å². The number of thiophene rings is 1. The Balaban J connectivity index is 1.19. The van der Waals surface area contributed by atoms with Gasteiger partial charge in [0.25, 0.3) is 6.71 Å². The van der Waals surface area contributed by atoms with Gasteiger partial charge in [-0.1, -0.05) is 105 Å². The number of benzene rings is 8. The molecule has 0 N–H and O–H groups in total. The maximum absolute atomic E-state index is 16.3. The van der Waals surface area contributed by atoms with E-state index in [0.717, 1.165) is 81.4 Å². The first-order chi connectivity index (χ1) is 31.1. The standard InChI is InChI=1S/C53H31BF5N3OS/c1-53(2)32-17-8-6-15-30(32)42-33(53)24-26-40-50(42)62-37-20-12-19-36-43(37)54(52-49(31-16-7-11-22-41(31)64-52)60(36)28-13-4-3-5-14-28)34-25-23-29(27-38(34)62)61(35-18-9-10-21-39(35)63-40)51-47(58)45(56)44(55)46(57)48(51)59/h3-27H,1-2H3. The molecule has 1 aliphatic carbocycles. The first kappa shape index (κ1) is 37.2. The second kappa shape index (κ2) is 13.1. The third-order valence-electron chi connectivity index (χ3n) is 13.4. The number of ether oxygens (including phenoxy) is 1. The van der Waals surface area contributed by atoms with Gasteiger partial charge in [0.1, 0.15) is 5.69 Å². The second-order valence-electron chi connectivity index (χ2n) is 17.0. The molecular weight excluding hydrogens is 832 g/mol. The molecule has 9 aromatic rings. The molecule has 4 aliphatic rings. The SMILES string of the molecule is CC1(C)c2ccccc2-c2c1ccc1c2N2c3cc(ccc3B3c4sc5ccccc5c4N(c4ccccc4)c4cccc2c43)N(c2c(F)c(F)c(F)c(F)c2F)c2ccccc2O1. The van der Waals surface area contributed by atoms with Crippen molar-refractivity contribution in [1.29, 1.82) is 0 Å². The molecule has 0 unspecified atom stereocenters. The second-order valence-corrected chi connectivity index (χ2v) is 18.1. The van der Waals surface area contributed by atoms with E-state index in [1.165, 1.54) is 0 Å². The number of fused-ring (bicyclic) bond motifs is 14. The molecule has 0 saturated carbocycles. The van der Waals surface area contributed by atoms with Gasteiger partial charge in [0.15, 0.2) is 34.8 Å². The van der Waals surface area contributed by atoms with E-state index in [1.807, 2.05) is 66.7 Å². The van der Waals surface area contributed by atoms with Crippen molar-refractivity contribution >= 4 is 95.0 Å². The van der Waals surface area contributed by atoms with Crippen LogP contribution >= 0.6 is 11.3 Å². The van der Waals surface area contributed by atoms with Gasteiger partial charge < -0.3 is 19.4 Å². The smallest absolute Gasteiger partial charge is 0.264 e. The van der Waals surface area contributed by atoms with Gasteiger partial charge in [-0.2, -0.15) is 0 Å². The third-order valence-corrected chi connectivity index (χ3v) is 14.6. The Morgan fingerprint density at radius 2 is 1.16 bits per heavy atom. The van der Waals surface area contributed by atoms with Crippen molar-refractivity contribution in [2.45, 2.75) is 19.3 Å². The lowest BCUT2D eigenvalue weighted by Crippen LogP contribution is -2.60. The zero-order valence-electron chi connectivity index (χ0n) is 34.1. The number of para-hydroxylation sites is 3. The van der Waals surface area contributed by atoms with E-state index >= 15 is 17.6 Å². The summed E-state index contributed by atoms with van der Waals surface area (Å²) in [6.07, 6.45) is 0. The van der Waals surface area contributed by atoms with Crippen molar-refractivity contribution in [3.63, 3.8) is 0 Å². The lowest BCUT2D eigenvalue weighted by molar-refractivity contribution is 0.380. The Morgan fingerprint density at radius 1 is 0.500 bits per heavy atom. The molecule has 0 radical (unpaired) electrons. The summed E-state index contributed by atoms with van der Waals surface area (Å²) in [4.78, 5) is 5.61. The van der Waals surface area contributed by atoms with Crippen molar-refractivity contribution in [2.75, 3.05) is 14.7 Å². The van der Waals surface area contributed by atoms with Gasteiger partial charge in [0.05, 0.1) is 17.1 Å². The Morgan fingerprint density at radius 3 is 1.97 bits per heavy atom. The fraction of sp³-hybridized carbons (Fsp3) is 0.0566. The van der Waals surface area contributed by atoms with Crippen molar-refractivity contribution in [1.82, 2.24) is 0 Å². The summed E-state index contributed by atoms with van der Waals surface area (Å²) in [7, 11) is 0. The molecule has 4 nitrogen and oxygen atoms in total. The van der Waals surface area contributed by atoms with Gasteiger partial charge in [-0.25, -0.2) is 22.0 Å². The first-order valence-electron chi connectivity index (χ1n) is 20.9. The summed E-state index contributed by atoms with van der Waals surface area (Å²) >= 11 is 1.72. The number of nitrogens with zero attached hydrogens (tertiary/aromatic N) is 3. The molecule has 0 atom stereocenters. The van der Waals surface area contributed by atoms with E-state index in [1.54, 1.807) is 41.7 Å². The fourth-order valence-electron chi connectivity index (χ4n) is 10.7. The Bertz CT molecular complexity index is 3490. The first-order valence-corrected chi connectivity index (χ1v) is 21.7. The van der Waals surface area contributed by atoms with Gasteiger partial charge in [0.2, 0.25) is 5.82 Å². The maximum atomic E-state index is 16.3. The van der Waals surface area contributed by atoms with Crippen molar-refractivity contribution < 1.29 is 26.7 Å². The monoisotopic (exact) mass is 863 g/mol. The lowest BCUT2D eigenvalue weighted by atomic mass is 9.36. The summed E-state index contributed by atoms with van der Waals surface area (Å²) in [6.45, 7) is 4.11. The summed E-state index contributed by atoms with van der Waals surface area (Å²) in [5, 5.41) is 1.10. The highest BCUT2D eigenvalue weighted by Crippen LogP contribution is 2.60. The predicted octanol–water partition coefficient (Wildman–Crippen LogP) is 13.6. The van der Waals surface area contributed by atoms with Crippen LogP contribution in [-0.4, -0.2) is 6.71 Å². The van der Waals surface area contributed by atoms with Crippen LogP contribution in [0.1, 0.15) is 25.0 Å². The third kappa shape index (κ3) is 4.76. The van der Waals surface area contributed by atoms with Gasteiger partial charge in [-0.3, -0.25) is 0 Å². The molecule has 3 aliphatic heterocycles. The molecule has 4 heterocycles. The van der Waals surface area contributed by atoms with Crippen LogP contribution in [0.15, 0.2) is 152 Å². The lowest BCUT2D eigenvalue weighted by Gasteiger charge is -2.44. The van der Waals surface area contributed by atoms with E-state index < -0.39 is 40.2 Å². The minimum Gasteiger partial charge on any atom is -0.453 e. The van der Waals surface area contributed by atoms with E-state index in [0.29, 0.717) is 11.4 Å². The molecule has 0 saturated heterocycles. The fourth-order valence-corrected chi connectivity index (χ4v) is 12.0. The Labute approximate surface area is 368 Å². The van der Waals surface area contributed by atoms with E-state index in [2.05, 4.69) is 78.2 Å². The highest BCUT2D eigenvalue weighted by atomic mass is 32.1. The largest absolute Gasteiger partial charge is 0.453 e. The highest BCUT2D eigenvalue weighted by molar-refractivity contribution is 7.33. The molecule has 8 aromatic carbocycles. The van der Waals surface area contributed by atoms with Crippen LogP contribution in [-0.2, 0) is 5.41 Å². The maximum Gasteiger partial charge on any atom is 0.264 e. The normalized spacial score (nSPS) is 14.6. The van der Waals surface area contributed by atoms with Crippen LogP contribution in [0.5, 0.6) is 11.5 Å². The van der Waals surface area contributed by atoms with E-state index in [-0.39, 0.29) is 23.8 Å². The average molecular weight is 864 g/mol. The highest BCUT2D eigenvalue weighted by Gasteiger charge is 2.48. The van der Waals surface area contributed by atoms with Crippen LogP contribution in [0.2, 0.25) is 0 Å². The summed E-state index contributed by atoms with van der Waals surface area (Å²) in [6, 6.07) is 49.3. The van der Waals surface area contributed by atoms with Crippen LogP contribution in [0.4, 0.5) is 73.1 Å². The summed E-state index contributed by atoms with van der Waals surface area (Å²) in [5.74, 6) is -9.68. The van der Waals surface area contributed by atoms with Crippen LogP contribution in [0.25, 0.3) is 21.2 Å². The molecule has 308 valence electrons. The Kier molecular flexibility index (Phi) is 7.61. The molecule has 2 bridgehead atoms. The van der Waals surface area contributed by atoms with E-state index in [4.69, 9.17) is 4.74 Å².